The first kappa shape index (κ1) is 83.9. The molecule has 8 amide bonds. The summed E-state index contributed by atoms with van der Waals surface area (Å²) in [6.07, 6.45) is -21.7. The van der Waals surface area contributed by atoms with E-state index in [0.29, 0.717) is 28.9 Å². The van der Waals surface area contributed by atoms with Crippen molar-refractivity contribution in [3.05, 3.63) is 51.4 Å². The molecule has 0 aliphatic carbocycles. The Balaban J connectivity index is 1.18. The zero-order valence-corrected chi connectivity index (χ0v) is 58.4. The van der Waals surface area contributed by atoms with Gasteiger partial charge >= 0.3 is 6.09 Å². The van der Waals surface area contributed by atoms with Crippen molar-refractivity contribution in [2.75, 3.05) is 64.0 Å². The second-order valence-corrected chi connectivity index (χ2v) is 26.5. The van der Waals surface area contributed by atoms with Gasteiger partial charge in [0.15, 0.2) is 24.6 Å². The molecule has 3 aromatic heterocycles. The SMILES string of the molecule is Cc1c(N)nc([C@H](CC(N)=O)NC[C@H](N)C(N)=O)nc1C(=O)N[C@H](C(=O)N[C@H](C)[C@@H](O)[C@H](C)C(=O)N[C@H](C(=O)NCCC1=NC(c2nc(C(=O)NCCCCNCCCCN=C(N)N)cs2)CS1)[C@@H](C)O)[C@@H](O[C@@H]1O[C@@H](CO)[C@@H](O)[C@H](O)[C@@H]1O[C@H]1O[C@H](CO)[C@@H](O)[C@H](OC(N)=O)[C@@H]1O)c1cnc[nH]1. The number of nitrogens with zero attached hydrogens (tertiary/aromatic N) is 6. The van der Waals surface area contributed by atoms with E-state index in [9.17, 15) is 74.4 Å². The number of nitrogens with one attached hydrogen (secondary N) is 8. The number of unbranched alkanes of at least 4 members (excludes halogenated alkanes) is 2. The van der Waals surface area contributed by atoms with E-state index in [4.69, 9.17) is 68.8 Å². The van der Waals surface area contributed by atoms with Crippen molar-refractivity contribution in [2.45, 2.75) is 182 Å². The van der Waals surface area contributed by atoms with Crippen LogP contribution in [0, 0.1) is 12.8 Å². The highest BCUT2D eigenvalue weighted by Crippen LogP contribution is 2.36. The average molecular weight is 1500 g/mol. The molecule has 3 aromatic rings. The van der Waals surface area contributed by atoms with E-state index in [0.717, 1.165) is 51.3 Å². The highest BCUT2D eigenvalue weighted by atomic mass is 32.2. The fourth-order valence-corrected chi connectivity index (χ4v) is 12.7. The molecule has 30 N–H and O–H groups in total. The number of aliphatic hydroxyl groups excluding tert-OH is 8. The van der Waals surface area contributed by atoms with E-state index in [1.807, 2.05) is 0 Å². The van der Waals surface area contributed by atoms with Gasteiger partial charge in [0.2, 0.25) is 29.5 Å². The predicted molar refractivity (Wildman–Crippen MR) is 365 cm³/mol. The third-order valence-corrected chi connectivity index (χ3v) is 18.7. The predicted octanol–water partition coefficient (Wildman–Crippen LogP) is -8.64. The van der Waals surface area contributed by atoms with Crippen LogP contribution in [0.4, 0.5) is 10.6 Å². The van der Waals surface area contributed by atoms with Crippen LogP contribution < -0.4 is 77.4 Å². The van der Waals surface area contributed by atoms with E-state index in [1.165, 1.54) is 50.8 Å². The minimum Gasteiger partial charge on any atom is -0.441 e. The van der Waals surface area contributed by atoms with E-state index in [1.54, 1.807) is 5.38 Å². The van der Waals surface area contributed by atoms with Crippen molar-refractivity contribution >= 4 is 87.4 Å². The van der Waals surface area contributed by atoms with Crippen LogP contribution >= 0.6 is 23.1 Å². The van der Waals surface area contributed by atoms with Gasteiger partial charge in [0, 0.05) is 55.7 Å². The van der Waals surface area contributed by atoms with Crippen LogP contribution in [0.15, 0.2) is 27.9 Å². The minimum atomic E-state index is -2.20. The lowest BCUT2D eigenvalue weighted by atomic mass is 9.96. The summed E-state index contributed by atoms with van der Waals surface area (Å²) in [7, 11) is 0. The number of anilines is 1. The molecule has 103 heavy (non-hydrogen) atoms. The topological polar surface area (TPSA) is 703 Å². The zero-order chi connectivity index (χ0) is 75.9. The Bertz CT molecular complexity index is 3380. The van der Waals surface area contributed by atoms with E-state index in [-0.39, 0.29) is 66.0 Å². The molecule has 6 rings (SSSR count). The molecule has 20 atom stereocenters. The van der Waals surface area contributed by atoms with Gasteiger partial charge in [-0.15, -0.1) is 23.1 Å². The number of aromatic nitrogens is 5. The van der Waals surface area contributed by atoms with Crippen molar-refractivity contribution in [1.29, 1.82) is 0 Å². The first-order valence-electron chi connectivity index (χ1n) is 32.8. The summed E-state index contributed by atoms with van der Waals surface area (Å²) in [5.74, 6) is -8.11. The molecule has 2 fully saturated rings. The van der Waals surface area contributed by atoms with Crippen LogP contribution in [0.2, 0.25) is 0 Å². The van der Waals surface area contributed by atoms with Gasteiger partial charge < -0.3 is 147 Å². The lowest BCUT2D eigenvalue weighted by molar-refractivity contribution is -0.372. The number of thioether (sulfide) groups is 1. The normalized spacial score (nSPS) is 24.5. The Morgan fingerprint density at radius 1 is 0.777 bits per heavy atom. The first-order chi connectivity index (χ1) is 48.8. The van der Waals surface area contributed by atoms with Crippen LogP contribution in [0.5, 0.6) is 0 Å². The molecule has 44 heteroatoms. The molecule has 0 saturated carbocycles. The fraction of sp³-hybridized carbons (Fsp3) is 0.661. The zero-order valence-electron chi connectivity index (χ0n) is 56.8. The minimum absolute atomic E-state index is 0.0125. The smallest absolute Gasteiger partial charge is 0.404 e. The number of aliphatic hydroxyl groups is 8. The maximum absolute atomic E-state index is 15.2. The molecule has 6 heterocycles. The lowest BCUT2D eigenvalue weighted by Crippen LogP contribution is -2.65. The fourth-order valence-electron chi connectivity index (χ4n) is 10.7. The maximum atomic E-state index is 15.2. The van der Waals surface area contributed by atoms with Crippen molar-refractivity contribution in [1.82, 2.24) is 62.1 Å². The molecule has 0 aromatic carbocycles. The summed E-state index contributed by atoms with van der Waals surface area (Å²) in [4.78, 5) is 135. The third kappa shape index (κ3) is 24.0. The van der Waals surface area contributed by atoms with Gasteiger partial charge in [0.05, 0.1) is 72.7 Å². The number of ether oxygens (including phenoxy) is 5. The summed E-state index contributed by atoms with van der Waals surface area (Å²) in [5, 5.41) is 110. The van der Waals surface area contributed by atoms with Crippen molar-refractivity contribution in [2.24, 2.45) is 50.3 Å². The van der Waals surface area contributed by atoms with Gasteiger partial charge in [-0.05, 0) is 59.5 Å². The van der Waals surface area contributed by atoms with Crippen LogP contribution in [0.1, 0.15) is 121 Å². The Labute approximate surface area is 597 Å². The lowest BCUT2D eigenvalue weighted by Gasteiger charge is -2.47. The van der Waals surface area contributed by atoms with Gasteiger partial charge in [-0.25, -0.2) is 24.7 Å². The van der Waals surface area contributed by atoms with E-state index < -0.39 is 183 Å². The van der Waals surface area contributed by atoms with Crippen LogP contribution in [0.3, 0.4) is 0 Å². The molecule has 1 unspecified atom stereocenters. The molecule has 2 saturated heterocycles. The number of primary amides is 3. The Kier molecular flexibility index (Phi) is 32.8. The van der Waals surface area contributed by atoms with Crippen molar-refractivity contribution < 1.29 is 103 Å². The molecule has 0 bridgehead atoms. The second kappa shape index (κ2) is 40.3. The van der Waals surface area contributed by atoms with Crippen molar-refractivity contribution in [3.8, 4) is 0 Å². The number of carbonyl (C=O) groups excluding carboxylic acids is 8. The van der Waals surface area contributed by atoms with Gasteiger partial charge in [-0.3, -0.25) is 43.5 Å². The standard InChI is InChI=1S/C59H95N21O21S2/c1-23-36(77-49(80-47(23)62)28(15-34(61)84)72-16-27(60)48(63)90)53(94)79-38(44(29-17-68-22-73-29)99-57-46(42(88)40(86)32(18-81)98-57)100-56-43(89)45(101-59(66)96)41(87)33(19-82)97-56)54(95)74-25(3)39(85)24(2)50(91)78-37(26(4)83)52(93)70-14-9-35-75-31(21-102-35)55-76-30(20-103-55)51(92)69-12-7-5-10-67-11-6-8-13-71-58(64)65/h17,20,22,24-28,31-33,37-46,56-57,67,72,81-83,85-89H,5-16,18-19,21,60H2,1-4H3,(H2,61,84)(H2,63,90)(H2,66,96)(H,68,73)(H,69,92)(H,70,93)(H,74,95)(H,78,91)(H,79,94)(H2,62,77,80)(H4,64,65,71)/t24-,25+,26+,27-,28-,31?,32-,33+,37-,38-,39-,40+,41+,42-,43-,44-,45-,46-,56+,57-/m0/s1. The number of nitrogens with two attached hydrogens (primary N) is 7. The molecular formula is C59H95N21O21S2. The molecule has 3 aliphatic rings. The maximum Gasteiger partial charge on any atom is 0.404 e. The van der Waals surface area contributed by atoms with Gasteiger partial charge in [-0.2, -0.15) is 0 Å². The number of hydrogen-bond acceptors (Lipinski definition) is 33. The monoisotopic (exact) mass is 1500 g/mol. The number of thiazole rings is 1. The number of imidazole rings is 1. The number of nitrogen functional groups attached to an aromatic ring is 1. The second-order valence-electron chi connectivity index (χ2n) is 24.5. The van der Waals surface area contributed by atoms with Crippen LogP contribution in [0.25, 0.3) is 0 Å². The molecule has 0 spiro atoms. The number of aliphatic imine (C=N–C) groups is 2. The Hall–Kier alpha value is -8.03. The molecule has 42 nitrogen and oxygen atoms in total. The van der Waals surface area contributed by atoms with Gasteiger partial charge in [0.1, 0.15) is 95.0 Å². The first-order valence-corrected chi connectivity index (χ1v) is 34.7. The van der Waals surface area contributed by atoms with E-state index >= 15 is 4.79 Å². The Morgan fingerprint density at radius 2 is 1.46 bits per heavy atom. The number of aromatic amines is 1. The number of amides is 8. The number of carbonyl (C=O) groups is 8. The van der Waals surface area contributed by atoms with Gasteiger partial charge in [-0.1, -0.05) is 6.92 Å². The van der Waals surface area contributed by atoms with Crippen molar-refractivity contribution in [3.63, 3.8) is 0 Å². The highest BCUT2D eigenvalue weighted by Gasteiger charge is 2.54. The summed E-state index contributed by atoms with van der Waals surface area (Å²) >= 11 is 2.73. The average Bonchev–Trinajstić information content (AvgIpc) is 1.48. The van der Waals surface area contributed by atoms with Crippen LogP contribution in [-0.2, 0) is 47.7 Å². The summed E-state index contributed by atoms with van der Waals surface area (Å²) in [5.41, 5.74) is 38.3. The van der Waals surface area contributed by atoms with Gasteiger partial charge in [0.25, 0.3) is 11.8 Å². The number of hydrogen-bond donors (Lipinski definition) is 23. The number of H-pyrrole nitrogens is 1. The molecule has 3 aliphatic heterocycles. The number of guanidine groups is 1. The molecule has 574 valence electrons. The Morgan fingerprint density at radius 3 is 2.10 bits per heavy atom. The quantitative estimate of drug-likeness (QED) is 0.0142. The van der Waals surface area contributed by atoms with Crippen LogP contribution in [-0.4, -0.2) is 280 Å². The largest absolute Gasteiger partial charge is 0.441 e. The van der Waals surface area contributed by atoms with E-state index in [2.05, 4.69) is 67.1 Å². The molecule has 0 radical (unpaired) electrons. The molecular weight excluding hydrogens is 1400 g/mol. The summed E-state index contributed by atoms with van der Waals surface area (Å²) in [6.45, 7) is 5.33. The highest BCUT2D eigenvalue weighted by molar-refractivity contribution is 8.14. The summed E-state index contributed by atoms with van der Waals surface area (Å²) < 4.78 is 28.8. The summed E-state index contributed by atoms with van der Waals surface area (Å²) in [6, 6.07) is -8.22. The number of rotatable bonds is 41. The third-order valence-electron chi connectivity index (χ3n) is 16.6.